The Morgan fingerprint density at radius 1 is 0.793 bits per heavy atom. The molecule has 0 saturated carbocycles. The summed E-state index contributed by atoms with van der Waals surface area (Å²) in [6.07, 6.45) is -1.92. The van der Waals surface area contributed by atoms with Gasteiger partial charge in [-0.3, -0.25) is 9.59 Å². The Kier molecular flexibility index (Phi) is 14.1. The summed E-state index contributed by atoms with van der Waals surface area (Å²) in [6.45, 7) is 4.15. The van der Waals surface area contributed by atoms with Gasteiger partial charge in [0, 0.05) is 24.8 Å². The normalized spacial score (nSPS) is 14.2. The molecule has 0 aromatic rings. The van der Waals surface area contributed by atoms with E-state index in [1.807, 2.05) is 0 Å². The van der Waals surface area contributed by atoms with Gasteiger partial charge in [-0.15, -0.1) is 23.2 Å². The summed E-state index contributed by atoms with van der Waals surface area (Å²) in [5.41, 5.74) is 0. The van der Waals surface area contributed by atoms with E-state index in [1.54, 1.807) is 13.8 Å². The number of rotatable bonds is 16. The van der Waals surface area contributed by atoms with Gasteiger partial charge < -0.3 is 15.4 Å². The highest BCUT2D eigenvalue weighted by Crippen LogP contribution is 2.09. The minimum absolute atomic E-state index is 0.170. The molecule has 9 nitrogen and oxygen atoms in total. The molecule has 0 saturated heterocycles. The summed E-state index contributed by atoms with van der Waals surface area (Å²) in [7, 11) is -7.53. The second kappa shape index (κ2) is 14.4. The quantitative estimate of drug-likeness (QED) is 0.289. The predicted molar refractivity (Wildman–Crippen MR) is 114 cm³/mol. The van der Waals surface area contributed by atoms with Crippen LogP contribution in [-0.2, 0) is 34.0 Å². The average Bonchev–Trinajstić information content (AvgIpc) is 2.62. The van der Waals surface area contributed by atoms with Crippen molar-refractivity contribution in [2.24, 2.45) is 0 Å². The lowest BCUT2D eigenvalue weighted by molar-refractivity contribution is -0.143. The van der Waals surface area contributed by atoms with Gasteiger partial charge in [-0.1, -0.05) is 13.8 Å². The van der Waals surface area contributed by atoms with Crippen LogP contribution in [0.15, 0.2) is 0 Å². The van der Waals surface area contributed by atoms with Crippen molar-refractivity contribution in [2.45, 2.75) is 38.9 Å². The molecule has 0 aromatic heterocycles. The number of hydrogen-bond acceptors (Lipinski definition) is 7. The Bertz CT molecular complexity index is 655. The van der Waals surface area contributed by atoms with Crippen LogP contribution in [0.25, 0.3) is 0 Å². The Balaban J connectivity index is 5.67. The first kappa shape index (κ1) is 28.4. The van der Waals surface area contributed by atoms with Gasteiger partial charge in [-0.25, -0.2) is 16.8 Å². The smallest absolute Gasteiger partial charge is 0.250 e. The van der Waals surface area contributed by atoms with Crippen LogP contribution >= 0.6 is 23.2 Å². The molecule has 2 unspecified atom stereocenters. The largest absolute Gasteiger partial charge is 0.354 e. The van der Waals surface area contributed by atoms with Crippen molar-refractivity contribution in [1.82, 2.24) is 10.6 Å². The van der Waals surface area contributed by atoms with E-state index in [0.29, 0.717) is 12.8 Å². The van der Waals surface area contributed by atoms with E-state index in [-0.39, 0.29) is 36.4 Å². The van der Waals surface area contributed by atoms with E-state index in [2.05, 4.69) is 10.6 Å². The summed E-state index contributed by atoms with van der Waals surface area (Å²) in [6, 6.07) is 0. The zero-order valence-corrected chi connectivity index (χ0v) is 19.8. The van der Waals surface area contributed by atoms with Crippen LogP contribution in [0.1, 0.15) is 26.7 Å². The molecule has 0 aliphatic carbocycles. The molecular formula is C16H30Cl2N2O7S2. The molecule has 13 heteroatoms. The first-order valence-electron chi connectivity index (χ1n) is 9.25. The molecule has 0 fully saturated rings. The van der Waals surface area contributed by atoms with E-state index in [4.69, 9.17) is 27.9 Å². The number of ether oxygens (including phenoxy) is 1. The number of alkyl halides is 2. The van der Waals surface area contributed by atoms with Gasteiger partial charge >= 0.3 is 0 Å². The van der Waals surface area contributed by atoms with Crippen molar-refractivity contribution < 1.29 is 31.2 Å². The third-order valence-corrected chi connectivity index (χ3v) is 7.70. The third-order valence-electron chi connectivity index (χ3n) is 3.60. The molecule has 2 atom stereocenters. The van der Waals surface area contributed by atoms with Crippen LogP contribution in [0.2, 0.25) is 0 Å². The molecular weight excluding hydrogens is 467 g/mol. The highest BCUT2D eigenvalue weighted by molar-refractivity contribution is 7.91. The summed E-state index contributed by atoms with van der Waals surface area (Å²) in [5, 5.41) is 5.02. The van der Waals surface area contributed by atoms with Crippen molar-refractivity contribution >= 4 is 54.7 Å². The molecule has 0 heterocycles. The van der Waals surface area contributed by atoms with Crippen molar-refractivity contribution in [3.8, 4) is 0 Å². The Morgan fingerprint density at radius 3 is 1.41 bits per heavy atom. The number of carbonyl (C=O) groups is 2. The van der Waals surface area contributed by atoms with Crippen LogP contribution in [0.3, 0.4) is 0 Å². The Morgan fingerprint density at radius 2 is 1.14 bits per heavy atom. The lowest BCUT2D eigenvalue weighted by atomic mass is 10.3. The summed E-state index contributed by atoms with van der Waals surface area (Å²) in [4.78, 5) is 24.8. The van der Waals surface area contributed by atoms with Gasteiger partial charge in [-0.2, -0.15) is 0 Å². The van der Waals surface area contributed by atoms with Gasteiger partial charge in [0.05, 0.1) is 23.0 Å². The monoisotopic (exact) mass is 496 g/mol. The van der Waals surface area contributed by atoms with E-state index in [1.165, 1.54) is 0 Å². The molecule has 172 valence electrons. The zero-order valence-electron chi connectivity index (χ0n) is 16.7. The van der Waals surface area contributed by atoms with E-state index in [9.17, 15) is 26.4 Å². The average molecular weight is 497 g/mol. The van der Waals surface area contributed by atoms with Crippen LogP contribution in [0.4, 0.5) is 0 Å². The maximum absolute atomic E-state index is 12.4. The zero-order chi connectivity index (χ0) is 22.5. The van der Waals surface area contributed by atoms with Gasteiger partial charge in [0.25, 0.3) is 0 Å². The van der Waals surface area contributed by atoms with E-state index < -0.39 is 55.2 Å². The second-order valence-electron chi connectivity index (χ2n) is 6.30. The van der Waals surface area contributed by atoms with Crippen LogP contribution in [-0.4, -0.2) is 88.7 Å². The van der Waals surface area contributed by atoms with Gasteiger partial charge in [0.15, 0.2) is 31.9 Å². The number of hydrogen-bond donors (Lipinski definition) is 2. The molecule has 2 amide bonds. The minimum atomic E-state index is -3.76. The maximum Gasteiger partial charge on any atom is 0.250 e. The fraction of sp³-hybridized carbons (Fsp3) is 0.875. The minimum Gasteiger partial charge on any atom is -0.354 e. The maximum atomic E-state index is 12.4. The topological polar surface area (TPSA) is 136 Å². The van der Waals surface area contributed by atoms with Crippen molar-refractivity contribution in [3.63, 3.8) is 0 Å². The first-order valence-corrected chi connectivity index (χ1v) is 14.0. The van der Waals surface area contributed by atoms with Gasteiger partial charge in [0.2, 0.25) is 11.8 Å². The molecule has 0 aliphatic heterocycles. The Hall–Kier alpha value is -0.620. The highest BCUT2D eigenvalue weighted by atomic mass is 35.5. The number of nitrogens with one attached hydrogen (secondary N) is 2. The SMILES string of the molecule is CCCNC(=O)C(CS(=O)(=O)CCCl)OC(CS(=O)(=O)CCCl)C(=O)NCCC. The molecule has 0 rings (SSSR count). The molecule has 0 radical (unpaired) electrons. The third kappa shape index (κ3) is 12.6. The fourth-order valence-electron chi connectivity index (χ4n) is 2.14. The highest BCUT2D eigenvalue weighted by Gasteiger charge is 2.34. The van der Waals surface area contributed by atoms with E-state index >= 15 is 0 Å². The summed E-state index contributed by atoms with van der Waals surface area (Å²) in [5.74, 6) is -4.03. The molecule has 0 aromatic carbocycles. The van der Waals surface area contributed by atoms with E-state index in [0.717, 1.165) is 0 Å². The number of amides is 2. The number of halogens is 2. The molecule has 0 aliphatic rings. The molecule has 2 N–H and O–H groups in total. The summed E-state index contributed by atoms with van der Waals surface area (Å²) < 4.78 is 54.1. The van der Waals surface area contributed by atoms with Crippen LogP contribution < -0.4 is 10.6 Å². The number of carbonyl (C=O) groups excluding carboxylic acids is 2. The number of sulfone groups is 2. The lowest BCUT2D eigenvalue weighted by Gasteiger charge is -2.24. The lowest BCUT2D eigenvalue weighted by Crippen LogP contribution is -2.49. The van der Waals surface area contributed by atoms with Crippen LogP contribution in [0, 0.1) is 0 Å². The van der Waals surface area contributed by atoms with Crippen molar-refractivity contribution in [1.29, 1.82) is 0 Å². The predicted octanol–water partition coefficient (Wildman–Crippen LogP) is 0.0998. The molecule has 0 spiro atoms. The Labute approximate surface area is 183 Å². The molecule has 29 heavy (non-hydrogen) atoms. The first-order chi connectivity index (χ1) is 13.5. The second-order valence-corrected chi connectivity index (χ2v) is 11.5. The van der Waals surface area contributed by atoms with Gasteiger partial charge in [-0.05, 0) is 12.8 Å². The fourth-order valence-corrected chi connectivity index (χ4v) is 5.74. The summed E-state index contributed by atoms with van der Waals surface area (Å²) >= 11 is 11.0. The van der Waals surface area contributed by atoms with Gasteiger partial charge in [0.1, 0.15) is 0 Å². The van der Waals surface area contributed by atoms with Crippen LogP contribution in [0.5, 0.6) is 0 Å². The van der Waals surface area contributed by atoms with Crippen molar-refractivity contribution in [2.75, 3.05) is 47.9 Å². The molecule has 0 bridgehead atoms. The standard InChI is InChI=1S/C16H30Cl2N2O7S2/c1-3-7-19-15(21)13(11-28(23,24)9-5-17)27-14(16(22)20-8-4-2)12-29(25,26)10-6-18/h13-14H,3-12H2,1-2H3,(H,19,21)(H,20,22). The van der Waals surface area contributed by atoms with Crippen molar-refractivity contribution in [3.05, 3.63) is 0 Å².